The van der Waals surface area contributed by atoms with Crippen molar-refractivity contribution in [3.8, 4) is 0 Å². The minimum absolute atomic E-state index is 0.121. The first-order valence-electron chi connectivity index (χ1n) is 5.88. The van der Waals surface area contributed by atoms with Gasteiger partial charge in [-0.05, 0) is 34.6 Å². The summed E-state index contributed by atoms with van der Waals surface area (Å²) in [5, 5.41) is 0.121. The van der Waals surface area contributed by atoms with Crippen LogP contribution in [0.1, 0.15) is 6.92 Å². The highest BCUT2D eigenvalue weighted by atomic mass is 79.9. The Morgan fingerprint density at radius 3 is 2.44 bits per heavy atom. The Morgan fingerprint density at radius 1 is 1.28 bits per heavy atom. The van der Waals surface area contributed by atoms with E-state index in [1.807, 2.05) is 0 Å². The Balaban J connectivity index is 2.15. The van der Waals surface area contributed by atoms with Gasteiger partial charge < -0.3 is 4.90 Å². The van der Waals surface area contributed by atoms with Crippen molar-refractivity contribution < 1.29 is 8.42 Å². The van der Waals surface area contributed by atoms with E-state index in [1.165, 1.54) is 16.6 Å². The summed E-state index contributed by atoms with van der Waals surface area (Å²) in [4.78, 5) is 6.21. The summed E-state index contributed by atoms with van der Waals surface area (Å²) in [6, 6.07) is 3.23. The third kappa shape index (κ3) is 2.90. The maximum atomic E-state index is 12.3. The number of hydrogen-bond acceptors (Lipinski definition) is 4. The first-order valence-corrected chi connectivity index (χ1v) is 8.11. The van der Waals surface area contributed by atoms with Crippen LogP contribution in [0.25, 0.3) is 0 Å². The van der Waals surface area contributed by atoms with E-state index in [2.05, 4.69) is 32.7 Å². The van der Waals surface area contributed by atoms with Gasteiger partial charge in [-0.1, -0.05) is 6.92 Å². The molecule has 1 aromatic heterocycles. The van der Waals surface area contributed by atoms with Gasteiger partial charge in [-0.3, -0.25) is 0 Å². The quantitative estimate of drug-likeness (QED) is 0.833. The van der Waals surface area contributed by atoms with Crippen molar-refractivity contribution in [1.29, 1.82) is 0 Å². The monoisotopic (exact) mass is 333 g/mol. The van der Waals surface area contributed by atoms with Crippen LogP contribution in [0.15, 0.2) is 27.8 Å². The van der Waals surface area contributed by atoms with E-state index in [4.69, 9.17) is 0 Å². The molecule has 18 heavy (non-hydrogen) atoms. The van der Waals surface area contributed by atoms with E-state index in [1.54, 1.807) is 6.07 Å². The zero-order chi connectivity index (χ0) is 13.2. The van der Waals surface area contributed by atoms with Crippen LogP contribution in [0.4, 0.5) is 0 Å². The molecule has 1 fully saturated rings. The molecule has 100 valence electrons. The fraction of sp³-hybridized carbons (Fsp3) is 0.545. The van der Waals surface area contributed by atoms with E-state index >= 15 is 0 Å². The molecule has 0 saturated carbocycles. The number of hydrogen-bond donors (Lipinski definition) is 0. The third-order valence-electron chi connectivity index (χ3n) is 3.08. The first kappa shape index (κ1) is 13.9. The highest BCUT2D eigenvalue weighted by molar-refractivity contribution is 9.10. The topological polar surface area (TPSA) is 53.5 Å². The van der Waals surface area contributed by atoms with Gasteiger partial charge >= 0.3 is 0 Å². The number of piperazine rings is 1. The lowest BCUT2D eigenvalue weighted by atomic mass is 10.4. The summed E-state index contributed by atoms with van der Waals surface area (Å²) in [6.45, 7) is 5.69. The standard InChI is InChI=1S/C11H16BrN3O2S/c1-2-14-5-7-15(8-6-14)18(16,17)11-4-3-10(12)9-13-11/h3-4,9H,2,5-8H2,1H3. The summed E-state index contributed by atoms with van der Waals surface area (Å²) in [5.41, 5.74) is 0. The third-order valence-corrected chi connectivity index (χ3v) is 5.37. The molecule has 0 amide bonds. The van der Waals surface area contributed by atoms with E-state index < -0.39 is 10.0 Å². The molecule has 1 saturated heterocycles. The summed E-state index contributed by atoms with van der Waals surface area (Å²) in [6.07, 6.45) is 1.51. The largest absolute Gasteiger partial charge is 0.301 e. The van der Waals surface area contributed by atoms with Gasteiger partial charge in [-0.15, -0.1) is 0 Å². The maximum absolute atomic E-state index is 12.3. The number of rotatable bonds is 3. The Kier molecular flexibility index (Phi) is 4.37. The molecule has 0 bridgehead atoms. The van der Waals surface area contributed by atoms with Crippen molar-refractivity contribution in [3.63, 3.8) is 0 Å². The lowest BCUT2D eigenvalue weighted by molar-refractivity contribution is 0.196. The van der Waals surface area contributed by atoms with E-state index in [-0.39, 0.29) is 5.03 Å². The van der Waals surface area contributed by atoms with Crippen LogP contribution in [-0.2, 0) is 10.0 Å². The number of sulfonamides is 1. The number of nitrogens with zero attached hydrogens (tertiary/aromatic N) is 3. The molecule has 1 aromatic rings. The fourth-order valence-corrected chi connectivity index (χ4v) is 3.50. The van der Waals surface area contributed by atoms with Crippen molar-refractivity contribution in [1.82, 2.24) is 14.2 Å². The summed E-state index contributed by atoms with van der Waals surface area (Å²) in [7, 11) is -3.44. The summed E-state index contributed by atoms with van der Waals surface area (Å²) >= 11 is 3.25. The van der Waals surface area contributed by atoms with E-state index in [0.29, 0.717) is 13.1 Å². The molecule has 0 aliphatic carbocycles. The van der Waals surface area contributed by atoms with Crippen molar-refractivity contribution in [3.05, 3.63) is 22.8 Å². The molecule has 1 aliphatic rings. The molecule has 0 aromatic carbocycles. The number of halogens is 1. The molecule has 1 aliphatic heterocycles. The lowest BCUT2D eigenvalue weighted by Crippen LogP contribution is -2.48. The summed E-state index contributed by atoms with van der Waals surface area (Å²) in [5.74, 6) is 0. The first-order chi connectivity index (χ1) is 8.54. The Labute approximate surface area is 116 Å². The SMILES string of the molecule is CCN1CCN(S(=O)(=O)c2ccc(Br)cn2)CC1. The van der Waals surface area contributed by atoms with Crippen molar-refractivity contribution in [2.45, 2.75) is 11.9 Å². The highest BCUT2D eigenvalue weighted by Crippen LogP contribution is 2.17. The molecule has 0 N–H and O–H groups in total. The molecule has 7 heteroatoms. The van der Waals surface area contributed by atoms with Crippen LogP contribution < -0.4 is 0 Å². The minimum Gasteiger partial charge on any atom is -0.301 e. The van der Waals surface area contributed by atoms with Gasteiger partial charge in [0.15, 0.2) is 5.03 Å². The van der Waals surface area contributed by atoms with Crippen molar-refractivity contribution in [2.75, 3.05) is 32.7 Å². The second kappa shape index (κ2) is 5.64. The second-order valence-corrected chi connectivity index (χ2v) is 6.95. The van der Waals surface area contributed by atoms with Crippen LogP contribution in [0.2, 0.25) is 0 Å². The Hall–Kier alpha value is -0.500. The molecule has 0 unspecified atom stereocenters. The van der Waals surface area contributed by atoms with E-state index in [0.717, 1.165) is 24.1 Å². The van der Waals surface area contributed by atoms with E-state index in [9.17, 15) is 8.42 Å². The van der Waals surface area contributed by atoms with Gasteiger partial charge in [0.05, 0.1) is 0 Å². The van der Waals surface area contributed by atoms with Crippen molar-refractivity contribution in [2.24, 2.45) is 0 Å². The van der Waals surface area contributed by atoms with Gasteiger partial charge in [0, 0.05) is 36.8 Å². The van der Waals surface area contributed by atoms with Crippen LogP contribution in [0.5, 0.6) is 0 Å². The molecule has 0 atom stereocenters. The zero-order valence-electron chi connectivity index (χ0n) is 10.2. The predicted octanol–water partition coefficient (Wildman–Crippen LogP) is 1.17. The number of pyridine rings is 1. The summed E-state index contributed by atoms with van der Waals surface area (Å²) < 4.78 is 26.9. The molecule has 5 nitrogen and oxygen atoms in total. The molecule has 2 rings (SSSR count). The van der Waals surface area contributed by atoms with Crippen LogP contribution in [0.3, 0.4) is 0 Å². The Morgan fingerprint density at radius 2 is 1.94 bits per heavy atom. The van der Waals surface area contributed by atoms with Gasteiger partial charge in [0.2, 0.25) is 0 Å². The van der Waals surface area contributed by atoms with Crippen LogP contribution in [0, 0.1) is 0 Å². The molecular formula is C11H16BrN3O2S. The Bertz CT molecular complexity index is 496. The normalized spacial score (nSPS) is 19.0. The molecule has 0 radical (unpaired) electrons. The van der Waals surface area contributed by atoms with Crippen LogP contribution >= 0.6 is 15.9 Å². The molecule has 2 heterocycles. The zero-order valence-corrected chi connectivity index (χ0v) is 12.6. The highest BCUT2D eigenvalue weighted by Gasteiger charge is 2.28. The maximum Gasteiger partial charge on any atom is 0.260 e. The average molecular weight is 334 g/mol. The van der Waals surface area contributed by atoms with Gasteiger partial charge in [-0.25, -0.2) is 13.4 Å². The van der Waals surface area contributed by atoms with Gasteiger partial charge in [0.1, 0.15) is 0 Å². The number of aromatic nitrogens is 1. The average Bonchev–Trinajstić information content (AvgIpc) is 2.39. The van der Waals surface area contributed by atoms with Gasteiger partial charge in [0.25, 0.3) is 10.0 Å². The molecular weight excluding hydrogens is 318 g/mol. The molecule has 0 spiro atoms. The van der Waals surface area contributed by atoms with Crippen molar-refractivity contribution >= 4 is 26.0 Å². The predicted molar refractivity (Wildman–Crippen MR) is 72.8 cm³/mol. The fourth-order valence-electron chi connectivity index (χ4n) is 1.93. The second-order valence-electron chi connectivity index (χ2n) is 4.15. The smallest absolute Gasteiger partial charge is 0.260 e. The number of likely N-dealkylation sites (N-methyl/N-ethyl adjacent to an activating group) is 1. The minimum atomic E-state index is -3.44. The van der Waals surface area contributed by atoms with Crippen LogP contribution in [-0.4, -0.2) is 55.3 Å². The lowest BCUT2D eigenvalue weighted by Gasteiger charge is -2.32. The van der Waals surface area contributed by atoms with Gasteiger partial charge in [-0.2, -0.15) is 4.31 Å².